The number of methoxy groups -OCH3 is 2. The van der Waals surface area contributed by atoms with E-state index in [9.17, 15) is 0 Å². The van der Waals surface area contributed by atoms with Crippen molar-refractivity contribution < 1.29 is 9.47 Å². The Kier molecular flexibility index (Phi) is 4.94. The van der Waals surface area contributed by atoms with Gasteiger partial charge in [0.25, 0.3) is 0 Å². The zero-order valence-electron chi connectivity index (χ0n) is 11.8. The number of nitrogens with one attached hydrogen (secondary N) is 1. The van der Waals surface area contributed by atoms with Crippen LogP contribution in [0.4, 0.5) is 5.69 Å². The molecule has 4 heteroatoms. The number of halogens is 1. The summed E-state index contributed by atoms with van der Waals surface area (Å²) in [4.78, 5) is 0. The fourth-order valence-corrected chi connectivity index (χ4v) is 2.81. The Morgan fingerprint density at radius 2 is 2.05 bits per heavy atom. The quantitative estimate of drug-likeness (QED) is 0.905. The molecular weight excluding hydrogens is 262 g/mol. The predicted molar refractivity (Wildman–Crippen MR) is 79.4 cm³/mol. The maximum atomic E-state index is 6.13. The lowest BCUT2D eigenvalue weighted by Crippen LogP contribution is -2.31. The molecule has 0 bridgehead atoms. The van der Waals surface area contributed by atoms with Gasteiger partial charge in [-0.3, -0.25) is 0 Å². The largest absolute Gasteiger partial charge is 0.495 e. The van der Waals surface area contributed by atoms with Crippen molar-refractivity contribution in [2.45, 2.75) is 44.8 Å². The second-order valence-corrected chi connectivity index (χ2v) is 5.57. The molecule has 1 fully saturated rings. The van der Waals surface area contributed by atoms with Gasteiger partial charge >= 0.3 is 0 Å². The van der Waals surface area contributed by atoms with Crippen molar-refractivity contribution in [2.75, 3.05) is 19.5 Å². The average Bonchev–Trinajstić information content (AvgIpc) is 2.43. The molecule has 1 N–H and O–H groups in total. The van der Waals surface area contributed by atoms with E-state index in [-0.39, 0.29) is 0 Å². The number of ether oxygens (including phenoxy) is 2. The van der Waals surface area contributed by atoms with Gasteiger partial charge in [0.2, 0.25) is 0 Å². The van der Waals surface area contributed by atoms with Crippen LogP contribution >= 0.6 is 11.6 Å². The Hall–Kier alpha value is -0.930. The normalized spacial score (nSPS) is 23.2. The van der Waals surface area contributed by atoms with Gasteiger partial charge in [0.05, 0.1) is 18.9 Å². The number of aryl methyl sites for hydroxylation is 1. The van der Waals surface area contributed by atoms with E-state index in [0.717, 1.165) is 34.9 Å². The first kappa shape index (κ1) is 14.5. The first-order valence-electron chi connectivity index (χ1n) is 6.77. The Labute approximate surface area is 120 Å². The summed E-state index contributed by atoms with van der Waals surface area (Å²) >= 11 is 6.13. The van der Waals surface area contributed by atoms with Crippen LogP contribution in [-0.4, -0.2) is 26.4 Å². The number of hydrogen-bond donors (Lipinski definition) is 1. The minimum atomic E-state index is 0.366. The van der Waals surface area contributed by atoms with Gasteiger partial charge in [-0.05, 0) is 44.2 Å². The first-order valence-corrected chi connectivity index (χ1v) is 7.15. The molecule has 106 valence electrons. The van der Waals surface area contributed by atoms with E-state index in [2.05, 4.69) is 11.4 Å². The molecule has 1 aromatic rings. The summed E-state index contributed by atoms with van der Waals surface area (Å²) in [7, 11) is 3.46. The van der Waals surface area contributed by atoms with E-state index in [1.165, 1.54) is 12.8 Å². The smallest absolute Gasteiger partial charge is 0.143 e. The molecule has 2 unspecified atom stereocenters. The van der Waals surface area contributed by atoms with Gasteiger partial charge in [-0.1, -0.05) is 11.6 Å². The lowest BCUT2D eigenvalue weighted by Gasteiger charge is -2.30. The molecule has 1 aliphatic rings. The van der Waals surface area contributed by atoms with Crippen molar-refractivity contribution in [3.63, 3.8) is 0 Å². The zero-order valence-corrected chi connectivity index (χ0v) is 12.6. The molecule has 2 atom stereocenters. The second kappa shape index (κ2) is 6.49. The van der Waals surface area contributed by atoms with Crippen LogP contribution in [0.25, 0.3) is 0 Å². The SMILES string of the molecule is COc1cc(Cl)c(C)cc1NC1CCCC(OC)C1. The van der Waals surface area contributed by atoms with Crippen molar-refractivity contribution in [1.82, 2.24) is 0 Å². The van der Waals surface area contributed by atoms with E-state index in [0.29, 0.717) is 12.1 Å². The van der Waals surface area contributed by atoms with Crippen LogP contribution in [-0.2, 0) is 4.74 Å². The standard InChI is InChI=1S/C15H22ClNO2/c1-10-7-14(15(19-3)9-13(10)16)17-11-5-4-6-12(8-11)18-2/h7,9,11-12,17H,4-6,8H2,1-3H3. The Bertz CT molecular complexity index is 436. The summed E-state index contributed by atoms with van der Waals surface area (Å²) in [5.74, 6) is 0.801. The number of rotatable bonds is 4. The summed E-state index contributed by atoms with van der Waals surface area (Å²) in [5.41, 5.74) is 2.08. The third-order valence-corrected chi connectivity index (χ3v) is 4.21. The van der Waals surface area contributed by atoms with Crippen LogP contribution in [0.5, 0.6) is 5.75 Å². The maximum Gasteiger partial charge on any atom is 0.143 e. The van der Waals surface area contributed by atoms with Crippen LogP contribution < -0.4 is 10.1 Å². The average molecular weight is 284 g/mol. The fourth-order valence-electron chi connectivity index (χ4n) is 2.65. The molecule has 3 nitrogen and oxygen atoms in total. The minimum absolute atomic E-state index is 0.366. The Morgan fingerprint density at radius 1 is 1.26 bits per heavy atom. The van der Waals surface area contributed by atoms with E-state index in [1.54, 1.807) is 14.2 Å². The van der Waals surface area contributed by atoms with Crippen LogP contribution in [0.15, 0.2) is 12.1 Å². The van der Waals surface area contributed by atoms with Gasteiger partial charge in [0, 0.05) is 24.2 Å². The van der Waals surface area contributed by atoms with Crippen molar-refractivity contribution in [3.8, 4) is 5.75 Å². The molecule has 0 aromatic heterocycles. The molecule has 1 aliphatic carbocycles. The summed E-state index contributed by atoms with van der Waals surface area (Å²) in [6, 6.07) is 4.36. The lowest BCUT2D eigenvalue weighted by atomic mass is 9.92. The summed E-state index contributed by atoms with van der Waals surface area (Å²) in [6.07, 6.45) is 4.94. The molecule has 19 heavy (non-hydrogen) atoms. The molecule has 2 rings (SSSR count). The van der Waals surface area contributed by atoms with Crippen LogP contribution in [0, 0.1) is 6.92 Å². The highest BCUT2D eigenvalue weighted by molar-refractivity contribution is 6.31. The third-order valence-electron chi connectivity index (χ3n) is 3.80. The number of benzene rings is 1. The lowest BCUT2D eigenvalue weighted by molar-refractivity contribution is 0.0669. The van der Waals surface area contributed by atoms with Crippen LogP contribution in [0.3, 0.4) is 0 Å². The molecule has 0 radical (unpaired) electrons. The molecule has 0 spiro atoms. The van der Waals surface area contributed by atoms with Crippen molar-refractivity contribution >= 4 is 17.3 Å². The Morgan fingerprint density at radius 3 is 2.74 bits per heavy atom. The van der Waals surface area contributed by atoms with Crippen LogP contribution in [0.1, 0.15) is 31.2 Å². The first-order chi connectivity index (χ1) is 9.13. The third kappa shape index (κ3) is 3.54. The minimum Gasteiger partial charge on any atom is -0.495 e. The molecule has 1 aromatic carbocycles. The number of hydrogen-bond acceptors (Lipinski definition) is 3. The van der Waals surface area contributed by atoms with Gasteiger partial charge in [0.1, 0.15) is 5.75 Å². The van der Waals surface area contributed by atoms with E-state index < -0.39 is 0 Å². The Balaban J connectivity index is 2.11. The molecule has 0 saturated heterocycles. The topological polar surface area (TPSA) is 30.5 Å². The van der Waals surface area contributed by atoms with E-state index in [4.69, 9.17) is 21.1 Å². The zero-order chi connectivity index (χ0) is 13.8. The molecule has 0 amide bonds. The van der Waals surface area contributed by atoms with E-state index >= 15 is 0 Å². The summed E-state index contributed by atoms with van der Waals surface area (Å²) in [5, 5.41) is 4.31. The van der Waals surface area contributed by atoms with Gasteiger partial charge in [-0.2, -0.15) is 0 Å². The van der Waals surface area contributed by atoms with Gasteiger partial charge < -0.3 is 14.8 Å². The fraction of sp³-hybridized carbons (Fsp3) is 0.600. The van der Waals surface area contributed by atoms with Crippen molar-refractivity contribution in [1.29, 1.82) is 0 Å². The second-order valence-electron chi connectivity index (χ2n) is 5.17. The molecule has 1 saturated carbocycles. The van der Waals surface area contributed by atoms with Crippen molar-refractivity contribution in [3.05, 3.63) is 22.7 Å². The van der Waals surface area contributed by atoms with Gasteiger partial charge in [0.15, 0.2) is 0 Å². The maximum absolute atomic E-state index is 6.13. The highest BCUT2D eigenvalue weighted by Crippen LogP contribution is 2.33. The van der Waals surface area contributed by atoms with Gasteiger partial charge in [-0.15, -0.1) is 0 Å². The summed E-state index contributed by atoms with van der Waals surface area (Å²) in [6.45, 7) is 2.01. The molecular formula is C15H22ClNO2. The monoisotopic (exact) mass is 283 g/mol. The van der Waals surface area contributed by atoms with Crippen molar-refractivity contribution in [2.24, 2.45) is 0 Å². The molecule has 0 heterocycles. The number of anilines is 1. The summed E-state index contributed by atoms with van der Waals surface area (Å²) < 4.78 is 10.9. The van der Waals surface area contributed by atoms with Crippen LogP contribution in [0.2, 0.25) is 5.02 Å². The highest BCUT2D eigenvalue weighted by atomic mass is 35.5. The highest BCUT2D eigenvalue weighted by Gasteiger charge is 2.22. The van der Waals surface area contributed by atoms with E-state index in [1.807, 2.05) is 13.0 Å². The molecule has 0 aliphatic heterocycles. The predicted octanol–water partition coefficient (Wildman–Crippen LogP) is 4.03. The van der Waals surface area contributed by atoms with Gasteiger partial charge in [-0.25, -0.2) is 0 Å².